The molecule has 0 aliphatic rings. The highest BCUT2D eigenvalue weighted by Crippen LogP contribution is 2.18. The van der Waals surface area contributed by atoms with Crippen LogP contribution in [0.3, 0.4) is 0 Å². The van der Waals surface area contributed by atoms with E-state index in [1.54, 1.807) is 17.4 Å². The van der Waals surface area contributed by atoms with Crippen LogP contribution in [0.4, 0.5) is 0 Å². The zero-order valence-electron chi connectivity index (χ0n) is 8.75. The smallest absolute Gasteiger partial charge is 0.195 e. The first-order valence-corrected chi connectivity index (χ1v) is 5.89. The lowest BCUT2D eigenvalue weighted by Gasteiger charge is -1.89. The van der Waals surface area contributed by atoms with Gasteiger partial charge in [-0.3, -0.25) is 4.79 Å². The quantitative estimate of drug-likeness (QED) is 0.530. The van der Waals surface area contributed by atoms with Crippen LogP contribution in [-0.4, -0.2) is 5.78 Å². The van der Waals surface area contributed by atoms with E-state index in [1.807, 2.05) is 19.1 Å². The molecule has 1 heterocycles. The summed E-state index contributed by atoms with van der Waals surface area (Å²) in [7, 11) is 0. The number of hydrogen-bond donors (Lipinski definition) is 0. The summed E-state index contributed by atoms with van der Waals surface area (Å²) in [6.45, 7) is 4.18. The number of rotatable bonds is 5. The minimum atomic E-state index is 0.138. The van der Waals surface area contributed by atoms with E-state index in [-0.39, 0.29) is 5.78 Å². The van der Waals surface area contributed by atoms with E-state index < -0.39 is 0 Å². The summed E-state index contributed by atoms with van der Waals surface area (Å²) in [5, 5.41) is 0. The van der Waals surface area contributed by atoms with Gasteiger partial charge >= 0.3 is 0 Å². The van der Waals surface area contributed by atoms with Crippen molar-refractivity contribution in [3.05, 3.63) is 34.0 Å². The molecule has 0 saturated carbocycles. The predicted octanol–water partition coefficient (Wildman–Crippen LogP) is 3.85. The first kappa shape index (κ1) is 11.2. The Balaban J connectivity index is 2.66. The van der Waals surface area contributed by atoms with Gasteiger partial charge in [-0.15, -0.1) is 11.3 Å². The second-order valence-corrected chi connectivity index (χ2v) is 4.36. The minimum Gasteiger partial charge on any atom is -0.288 e. The molecule has 1 aromatic rings. The van der Waals surface area contributed by atoms with Gasteiger partial charge in [0.1, 0.15) is 0 Å². The van der Waals surface area contributed by atoms with E-state index in [2.05, 4.69) is 13.0 Å². The van der Waals surface area contributed by atoms with Crippen LogP contribution < -0.4 is 0 Å². The molecular formula is C12H16OS. The van der Waals surface area contributed by atoms with E-state index in [0.29, 0.717) is 0 Å². The molecule has 0 N–H and O–H groups in total. The van der Waals surface area contributed by atoms with Gasteiger partial charge in [0.2, 0.25) is 0 Å². The van der Waals surface area contributed by atoms with Gasteiger partial charge < -0.3 is 0 Å². The Morgan fingerprint density at radius 2 is 2.21 bits per heavy atom. The maximum Gasteiger partial charge on any atom is 0.195 e. The number of carbonyl (C=O) groups is 1. The molecule has 1 aromatic heterocycles. The third-order valence-corrected chi connectivity index (χ3v) is 3.07. The van der Waals surface area contributed by atoms with Gasteiger partial charge in [0.25, 0.3) is 0 Å². The second kappa shape index (κ2) is 5.76. The Hall–Kier alpha value is -0.890. The fourth-order valence-electron chi connectivity index (χ4n) is 1.20. The molecule has 0 spiro atoms. The van der Waals surface area contributed by atoms with Crippen molar-refractivity contribution in [2.24, 2.45) is 0 Å². The molecule has 2 heteroatoms. The fraction of sp³-hybridized carbons (Fsp3) is 0.417. The molecule has 0 atom stereocenters. The average molecular weight is 208 g/mol. The van der Waals surface area contributed by atoms with Crippen molar-refractivity contribution in [2.75, 3.05) is 0 Å². The Kier molecular flexibility index (Phi) is 4.60. The zero-order chi connectivity index (χ0) is 10.4. The number of thiophene rings is 1. The van der Waals surface area contributed by atoms with Crippen molar-refractivity contribution < 1.29 is 4.79 Å². The summed E-state index contributed by atoms with van der Waals surface area (Å²) in [5.41, 5.74) is 0. The number of ketones is 1. The molecule has 0 amide bonds. The normalized spacial score (nSPS) is 11.0. The highest BCUT2D eigenvalue weighted by atomic mass is 32.1. The fourth-order valence-corrected chi connectivity index (χ4v) is 2.23. The molecule has 1 rings (SSSR count). The monoisotopic (exact) mass is 208 g/mol. The van der Waals surface area contributed by atoms with E-state index in [1.165, 1.54) is 4.88 Å². The number of allylic oxidation sites excluding steroid dienone is 2. The largest absolute Gasteiger partial charge is 0.288 e. The van der Waals surface area contributed by atoms with E-state index >= 15 is 0 Å². The van der Waals surface area contributed by atoms with Crippen molar-refractivity contribution >= 4 is 17.1 Å². The van der Waals surface area contributed by atoms with E-state index in [4.69, 9.17) is 0 Å². The molecule has 0 unspecified atom stereocenters. The standard InChI is InChI=1S/C12H16OS/c1-3-5-7-11(13)12-9-8-10(14-12)6-4-2/h5,7-9H,3-4,6H2,1-2H3/b7-5+. The topological polar surface area (TPSA) is 17.1 Å². The van der Waals surface area contributed by atoms with Crippen molar-refractivity contribution in [1.29, 1.82) is 0 Å². The van der Waals surface area contributed by atoms with Gasteiger partial charge in [-0.25, -0.2) is 0 Å². The molecule has 0 saturated heterocycles. The number of aryl methyl sites for hydroxylation is 1. The van der Waals surface area contributed by atoms with E-state index in [0.717, 1.165) is 24.1 Å². The van der Waals surface area contributed by atoms with E-state index in [9.17, 15) is 4.79 Å². The first-order chi connectivity index (χ1) is 6.77. The van der Waals surface area contributed by atoms with Gasteiger partial charge in [0.15, 0.2) is 5.78 Å². The molecule has 1 nitrogen and oxygen atoms in total. The van der Waals surface area contributed by atoms with Crippen LogP contribution in [0.15, 0.2) is 24.3 Å². The summed E-state index contributed by atoms with van der Waals surface area (Å²) < 4.78 is 0. The van der Waals surface area contributed by atoms with Gasteiger partial charge in [0, 0.05) is 4.88 Å². The SMILES string of the molecule is CC/C=C/C(=O)c1ccc(CCC)s1. The summed E-state index contributed by atoms with van der Waals surface area (Å²) >= 11 is 1.62. The summed E-state index contributed by atoms with van der Waals surface area (Å²) in [6, 6.07) is 3.99. The van der Waals surface area contributed by atoms with Crippen LogP contribution in [0.1, 0.15) is 41.2 Å². The van der Waals surface area contributed by atoms with Crippen LogP contribution in [-0.2, 0) is 6.42 Å². The maximum atomic E-state index is 11.5. The highest BCUT2D eigenvalue weighted by Gasteiger charge is 2.04. The van der Waals surface area contributed by atoms with Crippen LogP contribution in [0.25, 0.3) is 0 Å². The molecule has 0 aromatic carbocycles. The summed E-state index contributed by atoms with van der Waals surface area (Å²) in [5.74, 6) is 0.138. The van der Waals surface area contributed by atoms with Gasteiger partial charge in [-0.2, -0.15) is 0 Å². The second-order valence-electron chi connectivity index (χ2n) is 3.19. The van der Waals surface area contributed by atoms with Crippen LogP contribution in [0, 0.1) is 0 Å². The molecular weight excluding hydrogens is 192 g/mol. The maximum absolute atomic E-state index is 11.5. The Morgan fingerprint density at radius 3 is 2.86 bits per heavy atom. The molecule has 0 aliphatic carbocycles. The molecule has 0 fully saturated rings. The Morgan fingerprint density at radius 1 is 1.43 bits per heavy atom. The average Bonchev–Trinajstić information content (AvgIpc) is 2.63. The first-order valence-electron chi connectivity index (χ1n) is 5.07. The summed E-state index contributed by atoms with van der Waals surface area (Å²) in [6.07, 6.45) is 6.70. The predicted molar refractivity (Wildman–Crippen MR) is 62.1 cm³/mol. The lowest BCUT2D eigenvalue weighted by molar-refractivity contribution is 0.105. The van der Waals surface area contributed by atoms with Gasteiger partial charge in [0.05, 0.1) is 4.88 Å². The van der Waals surface area contributed by atoms with Crippen LogP contribution in [0.2, 0.25) is 0 Å². The molecule has 0 bridgehead atoms. The highest BCUT2D eigenvalue weighted by molar-refractivity contribution is 7.14. The van der Waals surface area contributed by atoms with Crippen molar-refractivity contribution in [3.8, 4) is 0 Å². The van der Waals surface area contributed by atoms with Gasteiger partial charge in [-0.05, 0) is 31.1 Å². The van der Waals surface area contributed by atoms with Crippen LogP contribution in [0.5, 0.6) is 0 Å². The molecule has 76 valence electrons. The van der Waals surface area contributed by atoms with Crippen molar-refractivity contribution in [3.63, 3.8) is 0 Å². The molecule has 0 radical (unpaired) electrons. The Labute approximate surface area is 89.5 Å². The molecule has 0 aliphatic heterocycles. The third kappa shape index (κ3) is 3.11. The van der Waals surface area contributed by atoms with Gasteiger partial charge in [-0.1, -0.05) is 26.3 Å². The Bertz CT molecular complexity index is 323. The zero-order valence-corrected chi connectivity index (χ0v) is 9.56. The third-order valence-electron chi connectivity index (χ3n) is 1.91. The lowest BCUT2D eigenvalue weighted by atomic mass is 10.2. The van der Waals surface area contributed by atoms with Crippen molar-refractivity contribution in [1.82, 2.24) is 0 Å². The molecule has 14 heavy (non-hydrogen) atoms. The number of carbonyl (C=O) groups excluding carboxylic acids is 1. The number of hydrogen-bond acceptors (Lipinski definition) is 2. The van der Waals surface area contributed by atoms with Crippen LogP contribution >= 0.6 is 11.3 Å². The minimum absolute atomic E-state index is 0.138. The summed E-state index contributed by atoms with van der Waals surface area (Å²) in [4.78, 5) is 13.7. The lowest BCUT2D eigenvalue weighted by Crippen LogP contribution is -1.88. The van der Waals surface area contributed by atoms with Crippen molar-refractivity contribution in [2.45, 2.75) is 33.1 Å².